The number of carbonyl (C=O) groups excluding carboxylic acids is 1. The zero-order chi connectivity index (χ0) is 16.9. The number of ketones is 1. The molecule has 0 radical (unpaired) electrons. The third-order valence-corrected chi connectivity index (χ3v) is 3.69. The fourth-order valence-corrected chi connectivity index (χ4v) is 2.13. The molecule has 0 aliphatic heterocycles. The summed E-state index contributed by atoms with van der Waals surface area (Å²) in [5.41, 5.74) is 1.31. The van der Waals surface area contributed by atoms with Crippen LogP contribution in [0, 0.1) is 0 Å². The summed E-state index contributed by atoms with van der Waals surface area (Å²) in [4.78, 5) is 12.3. The number of quaternary nitrogens is 1. The average molecular weight is 314 g/mol. The average Bonchev–Trinajstić information content (AvgIpc) is 2.54. The van der Waals surface area contributed by atoms with E-state index in [1.54, 1.807) is 36.4 Å². The Hall–Kier alpha value is -2.17. The van der Waals surface area contributed by atoms with Crippen LogP contribution in [0.4, 0.5) is 0 Å². The van der Waals surface area contributed by atoms with Crippen molar-refractivity contribution in [1.29, 1.82) is 0 Å². The van der Waals surface area contributed by atoms with Crippen LogP contribution in [0.5, 0.6) is 5.75 Å². The quantitative estimate of drug-likeness (QED) is 0.485. The van der Waals surface area contributed by atoms with Crippen LogP contribution in [-0.2, 0) is 0 Å². The molecule has 0 aliphatic rings. The molecule has 2 aromatic carbocycles. The summed E-state index contributed by atoms with van der Waals surface area (Å²) in [6.45, 7) is 0.433. The molecule has 0 aromatic heterocycles. The van der Waals surface area contributed by atoms with E-state index in [0.29, 0.717) is 34.4 Å². The minimum atomic E-state index is -0.464. The third-order valence-electron chi connectivity index (χ3n) is 3.69. The number of carbonyl (C=O) groups is 1. The van der Waals surface area contributed by atoms with E-state index in [2.05, 4.69) is 0 Å². The molecule has 0 saturated carbocycles. The molecule has 2 rings (SSSR count). The van der Waals surface area contributed by atoms with Crippen molar-refractivity contribution in [2.75, 3.05) is 27.7 Å². The third kappa shape index (κ3) is 4.91. The topological polar surface area (TPSA) is 46.5 Å². The first-order valence-corrected chi connectivity index (χ1v) is 7.70. The molecule has 0 bridgehead atoms. The molecule has 0 aliphatic carbocycles. The van der Waals surface area contributed by atoms with Gasteiger partial charge in [0.05, 0.1) is 34.2 Å². The second-order valence-electron chi connectivity index (χ2n) is 6.45. The van der Waals surface area contributed by atoms with Crippen LogP contribution in [0.15, 0.2) is 54.6 Å². The van der Waals surface area contributed by atoms with Gasteiger partial charge in [-0.1, -0.05) is 30.3 Å². The lowest BCUT2D eigenvalue weighted by atomic mass is 10.0. The van der Waals surface area contributed by atoms with Crippen LogP contribution in [0.1, 0.15) is 22.3 Å². The van der Waals surface area contributed by atoms with Gasteiger partial charge in [0.2, 0.25) is 0 Å². The van der Waals surface area contributed by atoms with Crippen molar-refractivity contribution in [3.8, 4) is 5.75 Å². The molecule has 0 heterocycles. The number of hydrogen-bond donors (Lipinski definition) is 1. The zero-order valence-corrected chi connectivity index (χ0v) is 13.9. The Labute approximate surface area is 137 Å². The van der Waals surface area contributed by atoms with E-state index in [4.69, 9.17) is 4.74 Å². The molecule has 0 spiro atoms. The van der Waals surface area contributed by atoms with Crippen LogP contribution < -0.4 is 4.74 Å². The summed E-state index contributed by atoms with van der Waals surface area (Å²) in [6.07, 6.45) is 0.0858. The molecule has 4 heteroatoms. The highest BCUT2D eigenvalue weighted by atomic mass is 16.5. The summed E-state index contributed by atoms with van der Waals surface area (Å²) in [7, 11) is 5.82. The van der Waals surface area contributed by atoms with Gasteiger partial charge in [0.1, 0.15) is 5.75 Å². The number of hydrogen-bond acceptors (Lipinski definition) is 3. The second kappa shape index (κ2) is 7.40. The van der Waals surface area contributed by atoms with Gasteiger partial charge in [0.25, 0.3) is 0 Å². The van der Waals surface area contributed by atoms with Crippen molar-refractivity contribution in [2.45, 2.75) is 12.6 Å². The standard InChI is InChI=1S/C19H24NO3/c1-20(2,3)18(21)13-14-23-17-11-9-16(10-12-17)19(22)15-7-5-4-6-8-15/h4-12,18,21H,13-14H2,1-3H3/q+1. The Morgan fingerprint density at radius 2 is 1.57 bits per heavy atom. The van der Waals surface area contributed by atoms with Gasteiger partial charge in [0, 0.05) is 11.1 Å². The summed E-state index contributed by atoms with van der Waals surface area (Å²) in [5, 5.41) is 9.95. The maximum atomic E-state index is 12.3. The SMILES string of the molecule is C[N+](C)(C)C(O)CCOc1ccc(C(=O)c2ccccc2)cc1. The molecule has 0 fully saturated rings. The highest BCUT2D eigenvalue weighted by molar-refractivity contribution is 6.08. The van der Waals surface area contributed by atoms with Crippen LogP contribution in [-0.4, -0.2) is 49.4 Å². The fourth-order valence-electron chi connectivity index (χ4n) is 2.13. The first-order valence-electron chi connectivity index (χ1n) is 7.70. The van der Waals surface area contributed by atoms with Crippen LogP contribution >= 0.6 is 0 Å². The fraction of sp³-hybridized carbons (Fsp3) is 0.316. The Morgan fingerprint density at radius 1 is 1.00 bits per heavy atom. The van der Waals surface area contributed by atoms with E-state index in [1.165, 1.54) is 0 Å². The molecule has 1 atom stereocenters. The van der Waals surface area contributed by atoms with Gasteiger partial charge in [-0.2, -0.15) is 0 Å². The van der Waals surface area contributed by atoms with E-state index in [-0.39, 0.29) is 5.78 Å². The lowest BCUT2D eigenvalue weighted by molar-refractivity contribution is -0.919. The monoisotopic (exact) mass is 314 g/mol. The van der Waals surface area contributed by atoms with Gasteiger partial charge in [-0.05, 0) is 24.3 Å². The smallest absolute Gasteiger partial charge is 0.193 e. The summed E-state index contributed by atoms with van der Waals surface area (Å²) in [6, 6.07) is 16.3. The van der Waals surface area contributed by atoms with E-state index in [0.717, 1.165) is 0 Å². The lowest BCUT2D eigenvalue weighted by Gasteiger charge is -2.29. The number of nitrogens with zero attached hydrogens (tertiary/aromatic N) is 1. The van der Waals surface area contributed by atoms with Crippen molar-refractivity contribution in [2.24, 2.45) is 0 Å². The van der Waals surface area contributed by atoms with E-state index in [1.807, 2.05) is 39.3 Å². The van der Waals surface area contributed by atoms with Gasteiger partial charge >= 0.3 is 0 Å². The predicted molar refractivity (Wildman–Crippen MR) is 90.5 cm³/mol. The van der Waals surface area contributed by atoms with Gasteiger partial charge in [-0.25, -0.2) is 0 Å². The predicted octanol–water partition coefficient (Wildman–Crippen LogP) is 2.71. The van der Waals surface area contributed by atoms with Crippen molar-refractivity contribution in [1.82, 2.24) is 0 Å². The molecule has 4 nitrogen and oxygen atoms in total. The zero-order valence-electron chi connectivity index (χ0n) is 13.9. The first-order chi connectivity index (χ1) is 10.9. The van der Waals surface area contributed by atoms with Gasteiger partial charge in [-0.3, -0.25) is 4.79 Å². The van der Waals surface area contributed by atoms with Crippen LogP contribution in [0.2, 0.25) is 0 Å². The Bertz CT molecular complexity index is 630. The van der Waals surface area contributed by atoms with Crippen LogP contribution in [0.3, 0.4) is 0 Å². The number of aliphatic hydroxyl groups is 1. The minimum absolute atomic E-state index is 0.00222. The molecule has 1 N–H and O–H groups in total. The summed E-state index contributed by atoms with van der Waals surface area (Å²) in [5.74, 6) is 0.695. The number of ether oxygens (including phenoxy) is 1. The van der Waals surface area contributed by atoms with Crippen LogP contribution in [0.25, 0.3) is 0 Å². The first kappa shape index (κ1) is 17.2. The van der Waals surface area contributed by atoms with Gasteiger partial charge in [-0.15, -0.1) is 0 Å². The molecule has 0 amide bonds. The Balaban J connectivity index is 1.91. The summed E-state index contributed by atoms with van der Waals surface area (Å²) < 4.78 is 6.11. The molecule has 2 aromatic rings. The summed E-state index contributed by atoms with van der Waals surface area (Å²) >= 11 is 0. The maximum Gasteiger partial charge on any atom is 0.193 e. The van der Waals surface area contributed by atoms with Gasteiger partial charge in [0.15, 0.2) is 12.0 Å². The maximum absolute atomic E-state index is 12.3. The van der Waals surface area contributed by atoms with Crippen molar-refractivity contribution in [3.05, 3.63) is 65.7 Å². The van der Waals surface area contributed by atoms with E-state index < -0.39 is 6.23 Å². The number of aliphatic hydroxyl groups excluding tert-OH is 1. The second-order valence-corrected chi connectivity index (χ2v) is 6.45. The van der Waals surface area contributed by atoms with E-state index >= 15 is 0 Å². The molecular weight excluding hydrogens is 290 g/mol. The van der Waals surface area contributed by atoms with E-state index in [9.17, 15) is 9.90 Å². The van der Waals surface area contributed by atoms with Crippen molar-refractivity contribution >= 4 is 5.78 Å². The number of benzene rings is 2. The Kier molecular flexibility index (Phi) is 5.53. The lowest BCUT2D eigenvalue weighted by Crippen LogP contribution is -2.45. The molecule has 1 unspecified atom stereocenters. The molecule has 23 heavy (non-hydrogen) atoms. The largest absolute Gasteiger partial charge is 0.493 e. The molecular formula is C19H24NO3+. The normalized spacial score (nSPS) is 12.7. The van der Waals surface area contributed by atoms with Gasteiger partial charge < -0.3 is 14.3 Å². The minimum Gasteiger partial charge on any atom is -0.493 e. The molecule has 122 valence electrons. The van der Waals surface area contributed by atoms with Crippen molar-refractivity contribution in [3.63, 3.8) is 0 Å². The van der Waals surface area contributed by atoms with Crippen molar-refractivity contribution < 1.29 is 19.1 Å². The number of rotatable bonds is 7. The molecule has 0 saturated heterocycles. The highest BCUT2D eigenvalue weighted by Gasteiger charge is 2.20. The highest BCUT2D eigenvalue weighted by Crippen LogP contribution is 2.16. The Morgan fingerprint density at radius 3 is 2.13 bits per heavy atom.